The Hall–Kier alpha value is -3.40. The second kappa shape index (κ2) is 9.17. The standard InChI is InChI=1S/C21H22N6O3S/c1-25-14-23-24-21(25)31-19-8-7-16(11-18(19)27(29)30)20(28)22-12-15-9-10-26(13-15)17-5-3-2-4-6-17/h2-8,11,14-15H,9-10,12-13H2,1H3,(H,22,28). The predicted octanol–water partition coefficient (Wildman–Crippen LogP) is 3.13. The summed E-state index contributed by atoms with van der Waals surface area (Å²) in [6.45, 7) is 2.35. The van der Waals surface area contributed by atoms with E-state index in [-0.39, 0.29) is 17.2 Å². The average molecular weight is 439 g/mol. The van der Waals surface area contributed by atoms with Gasteiger partial charge in [-0.25, -0.2) is 0 Å². The molecule has 1 aliphatic rings. The Bertz CT molecular complexity index is 1090. The van der Waals surface area contributed by atoms with Crippen LogP contribution in [0.4, 0.5) is 11.4 Å². The molecule has 0 saturated carbocycles. The number of amides is 1. The van der Waals surface area contributed by atoms with Gasteiger partial charge in [0.05, 0.1) is 9.82 Å². The van der Waals surface area contributed by atoms with Gasteiger partial charge in [0.2, 0.25) is 0 Å². The van der Waals surface area contributed by atoms with E-state index in [4.69, 9.17) is 0 Å². The number of benzene rings is 2. The van der Waals surface area contributed by atoms with Gasteiger partial charge in [0.15, 0.2) is 5.16 Å². The van der Waals surface area contributed by atoms with Gasteiger partial charge >= 0.3 is 0 Å². The van der Waals surface area contributed by atoms with Crippen molar-refractivity contribution in [2.45, 2.75) is 16.5 Å². The lowest BCUT2D eigenvalue weighted by Crippen LogP contribution is -2.31. The zero-order valence-electron chi connectivity index (χ0n) is 17.0. The van der Waals surface area contributed by atoms with Crippen molar-refractivity contribution in [1.82, 2.24) is 20.1 Å². The zero-order valence-corrected chi connectivity index (χ0v) is 17.8. The second-order valence-electron chi connectivity index (χ2n) is 7.41. The maximum absolute atomic E-state index is 12.6. The summed E-state index contributed by atoms with van der Waals surface area (Å²) in [6.07, 6.45) is 2.51. The third-order valence-electron chi connectivity index (χ3n) is 5.25. The number of anilines is 1. The minimum Gasteiger partial charge on any atom is -0.371 e. The number of nitrogens with one attached hydrogen (secondary N) is 1. The summed E-state index contributed by atoms with van der Waals surface area (Å²) in [6, 6.07) is 14.7. The molecular weight excluding hydrogens is 416 g/mol. The molecule has 0 bridgehead atoms. The SMILES string of the molecule is Cn1cnnc1Sc1ccc(C(=O)NCC2CCN(c3ccccc3)C2)cc1[N+](=O)[O-]. The minimum atomic E-state index is -0.482. The van der Waals surface area contributed by atoms with E-state index in [1.165, 1.54) is 18.1 Å². The van der Waals surface area contributed by atoms with Crippen LogP contribution < -0.4 is 10.2 Å². The maximum atomic E-state index is 12.6. The number of carbonyl (C=O) groups excluding carboxylic acids is 1. The smallest absolute Gasteiger partial charge is 0.284 e. The van der Waals surface area contributed by atoms with Crippen LogP contribution >= 0.6 is 11.8 Å². The molecule has 1 aromatic heterocycles. The molecule has 10 heteroatoms. The molecule has 1 unspecified atom stereocenters. The van der Waals surface area contributed by atoms with Crippen LogP contribution in [-0.4, -0.2) is 45.2 Å². The molecule has 31 heavy (non-hydrogen) atoms. The third kappa shape index (κ3) is 4.85. The maximum Gasteiger partial charge on any atom is 0.284 e. The molecular formula is C21H22N6O3S. The fraction of sp³-hybridized carbons (Fsp3) is 0.286. The first-order chi connectivity index (χ1) is 15.0. The molecule has 1 saturated heterocycles. The highest BCUT2D eigenvalue weighted by Gasteiger charge is 2.24. The monoisotopic (exact) mass is 438 g/mol. The number of aromatic nitrogens is 3. The van der Waals surface area contributed by atoms with Gasteiger partial charge in [-0.3, -0.25) is 14.9 Å². The summed E-state index contributed by atoms with van der Waals surface area (Å²) in [5.74, 6) is 0.0290. The Morgan fingerprint density at radius 2 is 2.10 bits per heavy atom. The van der Waals surface area contributed by atoms with Crippen LogP contribution in [0.5, 0.6) is 0 Å². The highest BCUT2D eigenvalue weighted by Crippen LogP contribution is 2.34. The first-order valence-electron chi connectivity index (χ1n) is 9.90. The summed E-state index contributed by atoms with van der Waals surface area (Å²) in [4.78, 5) is 26.4. The van der Waals surface area contributed by atoms with E-state index in [0.717, 1.165) is 31.3 Å². The molecule has 4 rings (SSSR count). The first kappa shape index (κ1) is 20.9. The molecule has 2 aromatic carbocycles. The van der Waals surface area contributed by atoms with Crippen molar-refractivity contribution in [3.63, 3.8) is 0 Å². The number of nitro groups is 1. The van der Waals surface area contributed by atoms with Gasteiger partial charge in [0.25, 0.3) is 11.6 Å². The van der Waals surface area contributed by atoms with Gasteiger partial charge < -0.3 is 14.8 Å². The van der Waals surface area contributed by atoms with E-state index in [1.807, 2.05) is 18.2 Å². The number of hydrogen-bond acceptors (Lipinski definition) is 7. The van der Waals surface area contributed by atoms with Crippen LogP contribution in [0.1, 0.15) is 16.8 Å². The van der Waals surface area contributed by atoms with Crippen molar-refractivity contribution >= 4 is 29.0 Å². The molecule has 2 heterocycles. The lowest BCUT2D eigenvalue weighted by molar-refractivity contribution is -0.387. The summed E-state index contributed by atoms with van der Waals surface area (Å²) in [5, 5.41) is 22.7. The van der Waals surface area contributed by atoms with E-state index in [2.05, 4.69) is 32.5 Å². The Morgan fingerprint density at radius 1 is 1.29 bits per heavy atom. The average Bonchev–Trinajstić information content (AvgIpc) is 3.42. The predicted molar refractivity (Wildman–Crippen MR) is 117 cm³/mol. The first-order valence-corrected chi connectivity index (χ1v) is 10.7. The highest BCUT2D eigenvalue weighted by molar-refractivity contribution is 7.99. The number of nitro benzene ring substituents is 1. The van der Waals surface area contributed by atoms with Gasteiger partial charge in [0.1, 0.15) is 6.33 Å². The van der Waals surface area contributed by atoms with Crippen molar-refractivity contribution in [1.29, 1.82) is 0 Å². The van der Waals surface area contributed by atoms with Crippen molar-refractivity contribution in [2.75, 3.05) is 24.5 Å². The number of para-hydroxylation sites is 1. The number of nitrogens with zero attached hydrogens (tertiary/aromatic N) is 5. The molecule has 1 N–H and O–H groups in total. The van der Waals surface area contributed by atoms with Crippen molar-refractivity contribution in [3.8, 4) is 0 Å². The third-order valence-corrected chi connectivity index (χ3v) is 6.36. The summed E-state index contributed by atoms with van der Waals surface area (Å²) in [5.41, 5.74) is 1.33. The van der Waals surface area contributed by atoms with Crippen LogP contribution in [0.25, 0.3) is 0 Å². The van der Waals surface area contributed by atoms with Crippen LogP contribution in [0.2, 0.25) is 0 Å². The Labute approximate surface area is 183 Å². The zero-order chi connectivity index (χ0) is 21.8. The fourth-order valence-electron chi connectivity index (χ4n) is 3.56. The van der Waals surface area contributed by atoms with Gasteiger partial charge in [-0.15, -0.1) is 10.2 Å². The Morgan fingerprint density at radius 3 is 2.81 bits per heavy atom. The lowest BCUT2D eigenvalue weighted by Gasteiger charge is -2.18. The summed E-state index contributed by atoms with van der Waals surface area (Å²) >= 11 is 1.14. The van der Waals surface area contributed by atoms with E-state index in [1.54, 1.807) is 23.7 Å². The van der Waals surface area contributed by atoms with Crippen LogP contribution in [0, 0.1) is 16.0 Å². The fourth-order valence-corrected chi connectivity index (χ4v) is 4.41. The number of carbonyl (C=O) groups is 1. The molecule has 3 aromatic rings. The molecule has 1 atom stereocenters. The van der Waals surface area contributed by atoms with E-state index in [9.17, 15) is 14.9 Å². The lowest BCUT2D eigenvalue weighted by atomic mass is 10.1. The molecule has 9 nitrogen and oxygen atoms in total. The van der Waals surface area contributed by atoms with Crippen LogP contribution in [-0.2, 0) is 7.05 Å². The Kier molecular flexibility index (Phi) is 6.17. The largest absolute Gasteiger partial charge is 0.371 e. The van der Waals surface area contributed by atoms with E-state index in [0.29, 0.717) is 22.5 Å². The second-order valence-corrected chi connectivity index (χ2v) is 8.42. The quantitative estimate of drug-likeness (QED) is 0.446. The molecule has 0 aliphatic carbocycles. The van der Waals surface area contributed by atoms with Crippen molar-refractivity contribution < 1.29 is 9.72 Å². The van der Waals surface area contributed by atoms with Gasteiger partial charge in [0, 0.05) is 44.0 Å². The Balaban J connectivity index is 1.39. The molecule has 0 radical (unpaired) electrons. The summed E-state index contributed by atoms with van der Waals surface area (Å²) < 4.78 is 1.68. The van der Waals surface area contributed by atoms with Crippen molar-refractivity contribution in [2.24, 2.45) is 13.0 Å². The van der Waals surface area contributed by atoms with Gasteiger partial charge in [-0.2, -0.15) is 0 Å². The van der Waals surface area contributed by atoms with E-state index < -0.39 is 4.92 Å². The molecule has 1 aliphatic heterocycles. The minimum absolute atomic E-state index is 0.128. The topological polar surface area (TPSA) is 106 Å². The normalized spacial score (nSPS) is 15.8. The number of rotatable bonds is 7. The van der Waals surface area contributed by atoms with Gasteiger partial charge in [-0.1, -0.05) is 18.2 Å². The summed E-state index contributed by atoms with van der Waals surface area (Å²) in [7, 11) is 1.76. The molecule has 160 valence electrons. The van der Waals surface area contributed by atoms with Crippen molar-refractivity contribution in [3.05, 3.63) is 70.5 Å². The van der Waals surface area contributed by atoms with Crippen LogP contribution in [0.15, 0.2) is 64.9 Å². The highest BCUT2D eigenvalue weighted by atomic mass is 32.2. The number of hydrogen-bond donors (Lipinski definition) is 1. The number of aryl methyl sites for hydroxylation is 1. The molecule has 1 fully saturated rings. The van der Waals surface area contributed by atoms with E-state index >= 15 is 0 Å². The molecule has 0 spiro atoms. The molecule has 1 amide bonds. The van der Waals surface area contributed by atoms with Crippen LogP contribution in [0.3, 0.4) is 0 Å². The van der Waals surface area contributed by atoms with Gasteiger partial charge in [-0.05, 0) is 48.4 Å².